The van der Waals surface area contributed by atoms with Gasteiger partial charge in [0, 0.05) is 4.88 Å². The average molecular weight is 266 g/mol. The Morgan fingerprint density at radius 2 is 1.65 bits per heavy atom. The second kappa shape index (κ2) is 4.63. The van der Waals surface area contributed by atoms with Crippen LogP contribution < -0.4 is 0 Å². The standard InChI is InChI=1S/C13H14O2S2/c1-10(2)17(14,15)13-9-8-12(16-13)11-6-4-3-5-7-11/h3-10H,1-2H3. The second-order valence-electron chi connectivity index (χ2n) is 4.08. The molecule has 0 radical (unpaired) electrons. The van der Waals surface area contributed by atoms with Gasteiger partial charge in [-0.25, -0.2) is 8.42 Å². The summed E-state index contributed by atoms with van der Waals surface area (Å²) in [4.78, 5) is 0.991. The molecule has 0 saturated carbocycles. The number of rotatable bonds is 3. The fourth-order valence-electron chi connectivity index (χ4n) is 1.46. The molecule has 2 nitrogen and oxygen atoms in total. The molecule has 0 aliphatic carbocycles. The first kappa shape index (κ1) is 12.3. The Kier molecular flexibility index (Phi) is 3.35. The van der Waals surface area contributed by atoms with E-state index in [0.29, 0.717) is 4.21 Å². The third-order valence-corrected chi connectivity index (χ3v) is 6.35. The van der Waals surface area contributed by atoms with Crippen LogP contribution in [0.2, 0.25) is 0 Å². The molecule has 2 aromatic rings. The van der Waals surface area contributed by atoms with E-state index >= 15 is 0 Å². The first-order valence-electron chi connectivity index (χ1n) is 5.41. The number of hydrogen-bond acceptors (Lipinski definition) is 3. The molecule has 1 aromatic carbocycles. The molecular weight excluding hydrogens is 252 g/mol. The van der Waals surface area contributed by atoms with Crippen LogP contribution in [0.1, 0.15) is 13.8 Å². The van der Waals surface area contributed by atoms with Crippen molar-refractivity contribution in [2.45, 2.75) is 23.3 Å². The molecule has 4 heteroatoms. The van der Waals surface area contributed by atoms with Gasteiger partial charge in [-0.05, 0) is 31.5 Å². The summed E-state index contributed by atoms with van der Waals surface area (Å²) in [5.74, 6) is 0. The molecule has 2 rings (SSSR count). The Morgan fingerprint density at radius 1 is 1.00 bits per heavy atom. The summed E-state index contributed by atoms with van der Waals surface area (Å²) in [7, 11) is -3.15. The van der Waals surface area contributed by atoms with Crippen molar-refractivity contribution >= 4 is 21.2 Å². The van der Waals surface area contributed by atoms with Gasteiger partial charge in [-0.3, -0.25) is 0 Å². The lowest BCUT2D eigenvalue weighted by atomic mass is 10.2. The van der Waals surface area contributed by atoms with Gasteiger partial charge in [0.05, 0.1) is 5.25 Å². The van der Waals surface area contributed by atoms with Gasteiger partial charge < -0.3 is 0 Å². The highest BCUT2D eigenvalue weighted by atomic mass is 32.2. The van der Waals surface area contributed by atoms with Crippen LogP contribution in [0.15, 0.2) is 46.7 Å². The summed E-state index contributed by atoms with van der Waals surface area (Å²) in [6.07, 6.45) is 0. The maximum Gasteiger partial charge on any atom is 0.190 e. The van der Waals surface area contributed by atoms with Gasteiger partial charge in [0.25, 0.3) is 0 Å². The lowest BCUT2D eigenvalue weighted by Gasteiger charge is -2.03. The van der Waals surface area contributed by atoms with Crippen LogP contribution in [0.5, 0.6) is 0 Å². The van der Waals surface area contributed by atoms with Crippen LogP contribution in [0, 0.1) is 0 Å². The molecular formula is C13H14O2S2. The first-order valence-corrected chi connectivity index (χ1v) is 7.77. The molecule has 90 valence electrons. The maximum atomic E-state index is 12.0. The minimum Gasteiger partial charge on any atom is -0.223 e. The molecule has 0 saturated heterocycles. The van der Waals surface area contributed by atoms with E-state index in [0.717, 1.165) is 10.4 Å². The van der Waals surface area contributed by atoms with Crippen LogP contribution in [0.25, 0.3) is 10.4 Å². The second-order valence-corrected chi connectivity index (χ2v) is 7.89. The molecule has 0 amide bonds. The van der Waals surface area contributed by atoms with Crippen molar-refractivity contribution in [1.82, 2.24) is 0 Å². The maximum absolute atomic E-state index is 12.0. The minimum atomic E-state index is -3.15. The normalized spacial score (nSPS) is 11.9. The van der Waals surface area contributed by atoms with Crippen molar-refractivity contribution in [2.75, 3.05) is 0 Å². The van der Waals surface area contributed by atoms with Crippen molar-refractivity contribution < 1.29 is 8.42 Å². The van der Waals surface area contributed by atoms with E-state index in [1.54, 1.807) is 19.9 Å². The van der Waals surface area contributed by atoms with Crippen LogP contribution in [0.4, 0.5) is 0 Å². The fraction of sp³-hybridized carbons (Fsp3) is 0.231. The highest BCUT2D eigenvalue weighted by Crippen LogP contribution is 2.32. The van der Waals surface area contributed by atoms with E-state index in [-0.39, 0.29) is 5.25 Å². The van der Waals surface area contributed by atoms with Gasteiger partial charge in [-0.1, -0.05) is 30.3 Å². The molecule has 0 aliphatic heterocycles. The zero-order chi connectivity index (χ0) is 12.5. The Balaban J connectivity index is 2.42. The molecule has 0 bridgehead atoms. The molecule has 0 N–H and O–H groups in total. The highest BCUT2D eigenvalue weighted by Gasteiger charge is 2.21. The summed E-state index contributed by atoms with van der Waals surface area (Å²) in [5.41, 5.74) is 1.06. The quantitative estimate of drug-likeness (QED) is 0.850. The third kappa shape index (κ3) is 2.42. The largest absolute Gasteiger partial charge is 0.223 e. The lowest BCUT2D eigenvalue weighted by Crippen LogP contribution is -2.12. The molecule has 0 unspecified atom stereocenters. The van der Waals surface area contributed by atoms with Gasteiger partial charge in [0.15, 0.2) is 9.84 Å². The van der Waals surface area contributed by atoms with Gasteiger partial charge in [0.1, 0.15) is 4.21 Å². The number of sulfone groups is 1. The molecule has 1 heterocycles. The lowest BCUT2D eigenvalue weighted by molar-refractivity contribution is 0.589. The highest BCUT2D eigenvalue weighted by molar-refractivity contribution is 7.94. The summed E-state index contributed by atoms with van der Waals surface area (Å²) < 4.78 is 24.4. The van der Waals surface area contributed by atoms with Gasteiger partial charge in [0.2, 0.25) is 0 Å². The predicted molar refractivity (Wildman–Crippen MR) is 72.1 cm³/mol. The summed E-state index contributed by atoms with van der Waals surface area (Å²) in [5, 5.41) is -0.371. The molecule has 0 atom stereocenters. The van der Waals surface area contributed by atoms with E-state index < -0.39 is 9.84 Å². The monoisotopic (exact) mass is 266 g/mol. The Bertz CT molecular complexity index is 595. The van der Waals surface area contributed by atoms with Gasteiger partial charge in [-0.15, -0.1) is 11.3 Å². The molecule has 0 fully saturated rings. The van der Waals surface area contributed by atoms with E-state index in [4.69, 9.17) is 0 Å². The zero-order valence-corrected chi connectivity index (χ0v) is 11.4. The van der Waals surface area contributed by atoms with E-state index in [9.17, 15) is 8.42 Å². The fourth-order valence-corrected chi connectivity index (χ4v) is 4.24. The van der Waals surface area contributed by atoms with E-state index in [2.05, 4.69) is 0 Å². The topological polar surface area (TPSA) is 34.1 Å². The number of thiophene rings is 1. The van der Waals surface area contributed by atoms with Crippen molar-refractivity contribution in [3.8, 4) is 10.4 Å². The first-order chi connectivity index (χ1) is 8.01. The molecule has 0 spiro atoms. The predicted octanol–water partition coefficient (Wildman–Crippen LogP) is 3.60. The SMILES string of the molecule is CC(C)S(=O)(=O)c1ccc(-c2ccccc2)s1. The van der Waals surface area contributed by atoms with Crippen LogP contribution in [0.3, 0.4) is 0 Å². The number of benzene rings is 1. The molecule has 0 aliphatic rings. The summed E-state index contributed by atoms with van der Waals surface area (Å²) in [6.45, 7) is 3.41. The van der Waals surface area contributed by atoms with Gasteiger partial charge >= 0.3 is 0 Å². The Morgan fingerprint density at radius 3 is 2.24 bits per heavy atom. The van der Waals surface area contributed by atoms with E-state index in [1.165, 1.54) is 11.3 Å². The van der Waals surface area contributed by atoms with E-state index in [1.807, 2.05) is 36.4 Å². The van der Waals surface area contributed by atoms with Crippen LogP contribution in [-0.4, -0.2) is 13.7 Å². The Hall–Kier alpha value is -1.13. The minimum absolute atomic E-state index is 0.371. The smallest absolute Gasteiger partial charge is 0.190 e. The van der Waals surface area contributed by atoms with Crippen molar-refractivity contribution in [2.24, 2.45) is 0 Å². The van der Waals surface area contributed by atoms with Crippen LogP contribution in [-0.2, 0) is 9.84 Å². The van der Waals surface area contributed by atoms with Crippen molar-refractivity contribution in [3.63, 3.8) is 0 Å². The van der Waals surface area contributed by atoms with Crippen LogP contribution >= 0.6 is 11.3 Å². The zero-order valence-electron chi connectivity index (χ0n) is 9.75. The summed E-state index contributed by atoms with van der Waals surface area (Å²) >= 11 is 1.33. The molecule has 1 aromatic heterocycles. The van der Waals surface area contributed by atoms with Crippen molar-refractivity contribution in [3.05, 3.63) is 42.5 Å². The number of hydrogen-bond donors (Lipinski definition) is 0. The van der Waals surface area contributed by atoms with Crippen molar-refractivity contribution in [1.29, 1.82) is 0 Å². The average Bonchev–Trinajstić information content (AvgIpc) is 2.80. The Labute approximate surface area is 106 Å². The molecule has 17 heavy (non-hydrogen) atoms. The van der Waals surface area contributed by atoms with Gasteiger partial charge in [-0.2, -0.15) is 0 Å². The third-order valence-electron chi connectivity index (χ3n) is 2.54. The summed E-state index contributed by atoms with van der Waals surface area (Å²) in [6, 6.07) is 13.4.